The van der Waals surface area contributed by atoms with Crippen molar-refractivity contribution in [3.8, 4) is 6.07 Å². The highest BCUT2D eigenvalue weighted by atomic mass is 16.6. The normalized spacial score (nSPS) is 12.6. The fourth-order valence-electron chi connectivity index (χ4n) is 2.02. The predicted octanol–water partition coefficient (Wildman–Crippen LogP) is 4.17. The highest BCUT2D eigenvalue weighted by Crippen LogP contribution is 2.23. The first-order valence-corrected chi connectivity index (χ1v) is 7.21. The van der Waals surface area contributed by atoms with Crippen molar-refractivity contribution in [1.29, 1.82) is 5.26 Å². The molecule has 1 amide bonds. The van der Waals surface area contributed by atoms with E-state index in [2.05, 4.69) is 25.2 Å². The third-order valence-electron chi connectivity index (χ3n) is 2.82. The van der Waals surface area contributed by atoms with E-state index in [0.717, 1.165) is 12.0 Å². The Labute approximate surface area is 127 Å². The number of hydrogen-bond acceptors (Lipinski definition) is 3. The van der Waals surface area contributed by atoms with Gasteiger partial charge in [-0.1, -0.05) is 26.0 Å². The average molecular weight is 288 g/mol. The van der Waals surface area contributed by atoms with Gasteiger partial charge in [-0.05, 0) is 50.8 Å². The molecule has 1 aromatic carbocycles. The molecule has 1 atom stereocenters. The molecule has 0 radical (unpaired) electrons. The van der Waals surface area contributed by atoms with Gasteiger partial charge >= 0.3 is 6.09 Å². The van der Waals surface area contributed by atoms with Gasteiger partial charge in [0.05, 0.1) is 17.7 Å². The van der Waals surface area contributed by atoms with Crippen molar-refractivity contribution in [3.05, 3.63) is 35.4 Å². The molecule has 0 bridgehead atoms. The summed E-state index contributed by atoms with van der Waals surface area (Å²) in [6, 6.07) is 9.28. The Kier molecular flexibility index (Phi) is 5.78. The van der Waals surface area contributed by atoms with Gasteiger partial charge in [-0.25, -0.2) is 4.79 Å². The minimum atomic E-state index is -0.527. The number of nitriles is 1. The molecule has 1 N–H and O–H groups in total. The number of hydrogen-bond donors (Lipinski definition) is 1. The number of nitrogens with zero attached hydrogens (tertiary/aromatic N) is 1. The molecule has 1 aromatic rings. The van der Waals surface area contributed by atoms with E-state index in [0.29, 0.717) is 11.5 Å². The Morgan fingerprint density at radius 1 is 1.38 bits per heavy atom. The molecular formula is C17H24N2O2. The number of carbonyl (C=O) groups is 1. The zero-order chi connectivity index (χ0) is 16.0. The summed E-state index contributed by atoms with van der Waals surface area (Å²) >= 11 is 0. The van der Waals surface area contributed by atoms with Gasteiger partial charge in [-0.3, -0.25) is 0 Å². The first kappa shape index (κ1) is 17.0. The lowest BCUT2D eigenvalue weighted by Gasteiger charge is -2.25. The summed E-state index contributed by atoms with van der Waals surface area (Å²) < 4.78 is 5.31. The van der Waals surface area contributed by atoms with E-state index < -0.39 is 11.7 Å². The van der Waals surface area contributed by atoms with Crippen LogP contribution in [-0.4, -0.2) is 11.7 Å². The Bertz CT molecular complexity index is 524. The molecule has 1 unspecified atom stereocenters. The van der Waals surface area contributed by atoms with Crippen LogP contribution in [0.1, 0.15) is 58.2 Å². The quantitative estimate of drug-likeness (QED) is 0.904. The first-order valence-electron chi connectivity index (χ1n) is 7.21. The lowest BCUT2D eigenvalue weighted by Crippen LogP contribution is -2.35. The molecular weight excluding hydrogens is 264 g/mol. The summed E-state index contributed by atoms with van der Waals surface area (Å²) in [5.74, 6) is 0.413. The molecule has 0 saturated carbocycles. The Hall–Kier alpha value is -2.02. The van der Waals surface area contributed by atoms with Crippen LogP contribution in [-0.2, 0) is 4.74 Å². The van der Waals surface area contributed by atoms with Crippen LogP contribution < -0.4 is 5.32 Å². The van der Waals surface area contributed by atoms with Gasteiger partial charge in [-0.15, -0.1) is 0 Å². The number of alkyl carbamates (subject to hydrolysis) is 1. The lowest BCUT2D eigenvalue weighted by atomic mass is 9.96. The second-order valence-corrected chi connectivity index (χ2v) is 6.57. The van der Waals surface area contributed by atoms with Gasteiger partial charge in [0.1, 0.15) is 5.60 Å². The number of ether oxygens (including phenoxy) is 1. The van der Waals surface area contributed by atoms with Crippen LogP contribution in [0, 0.1) is 17.2 Å². The molecule has 0 fully saturated rings. The number of rotatable bonds is 4. The van der Waals surface area contributed by atoms with Gasteiger partial charge in [0.2, 0.25) is 0 Å². The van der Waals surface area contributed by atoms with Crippen LogP contribution in [0.25, 0.3) is 0 Å². The maximum Gasteiger partial charge on any atom is 0.408 e. The van der Waals surface area contributed by atoms with Crippen molar-refractivity contribution in [1.82, 2.24) is 5.32 Å². The Morgan fingerprint density at radius 2 is 2.05 bits per heavy atom. The topological polar surface area (TPSA) is 62.1 Å². The van der Waals surface area contributed by atoms with Crippen LogP contribution in [0.2, 0.25) is 0 Å². The molecule has 0 heterocycles. The second kappa shape index (κ2) is 7.12. The predicted molar refractivity (Wildman–Crippen MR) is 82.7 cm³/mol. The molecule has 4 heteroatoms. The zero-order valence-electron chi connectivity index (χ0n) is 13.4. The van der Waals surface area contributed by atoms with Crippen molar-refractivity contribution >= 4 is 6.09 Å². The lowest BCUT2D eigenvalue weighted by molar-refractivity contribution is 0.0498. The van der Waals surface area contributed by atoms with E-state index in [-0.39, 0.29) is 6.04 Å². The van der Waals surface area contributed by atoms with Crippen LogP contribution in [0.4, 0.5) is 4.79 Å². The molecule has 0 aliphatic heterocycles. The van der Waals surface area contributed by atoms with E-state index in [1.54, 1.807) is 6.07 Å². The third kappa shape index (κ3) is 6.31. The molecule has 0 aliphatic carbocycles. The van der Waals surface area contributed by atoms with E-state index in [4.69, 9.17) is 10.00 Å². The second-order valence-electron chi connectivity index (χ2n) is 6.57. The van der Waals surface area contributed by atoms with E-state index in [1.165, 1.54) is 0 Å². The Balaban J connectivity index is 2.90. The summed E-state index contributed by atoms with van der Waals surface area (Å²) in [6.45, 7) is 9.69. The third-order valence-corrected chi connectivity index (χ3v) is 2.82. The van der Waals surface area contributed by atoms with Gasteiger partial charge in [0.25, 0.3) is 0 Å². The standard InChI is InChI=1S/C17H24N2O2/c1-12(2)9-15(19-16(20)21-17(3,4)5)14-8-6-7-13(10-14)11-18/h6-8,10,12,15H,9H2,1-5H3,(H,19,20). The minimum Gasteiger partial charge on any atom is -0.444 e. The maximum atomic E-state index is 12.0. The van der Waals surface area contributed by atoms with E-state index in [1.807, 2.05) is 39.0 Å². The zero-order valence-corrected chi connectivity index (χ0v) is 13.4. The van der Waals surface area contributed by atoms with Crippen molar-refractivity contribution in [2.45, 2.75) is 52.7 Å². The maximum absolute atomic E-state index is 12.0. The molecule has 0 aromatic heterocycles. The van der Waals surface area contributed by atoms with Gasteiger partial charge in [0, 0.05) is 0 Å². The molecule has 0 spiro atoms. The van der Waals surface area contributed by atoms with Gasteiger partial charge in [0.15, 0.2) is 0 Å². The molecule has 1 rings (SSSR count). The van der Waals surface area contributed by atoms with Crippen LogP contribution in [0.3, 0.4) is 0 Å². The highest BCUT2D eigenvalue weighted by molar-refractivity contribution is 5.68. The van der Waals surface area contributed by atoms with Crippen molar-refractivity contribution in [3.63, 3.8) is 0 Å². The fourth-order valence-corrected chi connectivity index (χ4v) is 2.02. The van der Waals surface area contributed by atoms with Crippen LogP contribution in [0.5, 0.6) is 0 Å². The number of benzene rings is 1. The molecule has 114 valence electrons. The van der Waals surface area contributed by atoms with Gasteiger partial charge in [-0.2, -0.15) is 5.26 Å². The minimum absolute atomic E-state index is 0.159. The van der Waals surface area contributed by atoms with E-state index >= 15 is 0 Å². The van der Waals surface area contributed by atoms with Crippen molar-refractivity contribution in [2.24, 2.45) is 5.92 Å². The monoisotopic (exact) mass is 288 g/mol. The fraction of sp³-hybridized carbons (Fsp3) is 0.529. The number of nitrogens with one attached hydrogen (secondary N) is 1. The van der Waals surface area contributed by atoms with Gasteiger partial charge < -0.3 is 10.1 Å². The van der Waals surface area contributed by atoms with E-state index in [9.17, 15) is 4.79 Å². The largest absolute Gasteiger partial charge is 0.444 e. The molecule has 0 saturated heterocycles. The summed E-state index contributed by atoms with van der Waals surface area (Å²) in [7, 11) is 0. The Morgan fingerprint density at radius 3 is 2.57 bits per heavy atom. The summed E-state index contributed by atoms with van der Waals surface area (Å²) in [5.41, 5.74) is 0.988. The average Bonchev–Trinajstić information content (AvgIpc) is 2.35. The molecule has 0 aliphatic rings. The van der Waals surface area contributed by atoms with Crippen LogP contribution >= 0.6 is 0 Å². The highest BCUT2D eigenvalue weighted by Gasteiger charge is 2.21. The summed E-state index contributed by atoms with van der Waals surface area (Å²) in [5, 5.41) is 11.9. The first-order chi connectivity index (χ1) is 9.71. The molecule has 21 heavy (non-hydrogen) atoms. The number of amides is 1. The SMILES string of the molecule is CC(C)CC(NC(=O)OC(C)(C)C)c1cccc(C#N)c1. The van der Waals surface area contributed by atoms with Crippen molar-refractivity contribution in [2.75, 3.05) is 0 Å². The summed E-state index contributed by atoms with van der Waals surface area (Å²) in [4.78, 5) is 12.0. The van der Waals surface area contributed by atoms with Crippen LogP contribution in [0.15, 0.2) is 24.3 Å². The number of carbonyl (C=O) groups excluding carboxylic acids is 1. The smallest absolute Gasteiger partial charge is 0.408 e. The van der Waals surface area contributed by atoms with Crippen molar-refractivity contribution < 1.29 is 9.53 Å². The summed E-state index contributed by atoms with van der Waals surface area (Å²) in [6.07, 6.45) is 0.351. The molecule has 4 nitrogen and oxygen atoms in total.